The fourth-order valence-electron chi connectivity index (χ4n) is 3.78. The maximum Gasteiger partial charge on any atom is 0.155 e. The molecule has 1 aliphatic rings. The van der Waals surface area contributed by atoms with Gasteiger partial charge in [0.1, 0.15) is 11.6 Å². The highest BCUT2D eigenvalue weighted by Crippen LogP contribution is 2.34. The summed E-state index contributed by atoms with van der Waals surface area (Å²) in [5.74, 6) is 1.89. The quantitative estimate of drug-likeness (QED) is 0.343. The normalized spacial score (nSPS) is 20.3. The van der Waals surface area contributed by atoms with Crippen molar-refractivity contribution in [1.29, 1.82) is 0 Å². The number of halogens is 2. The van der Waals surface area contributed by atoms with Gasteiger partial charge >= 0.3 is 0 Å². The maximum atomic E-state index is 13.8. The summed E-state index contributed by atoms with van der Waals surface area (Å²) >= 11 is 7.39. The van der Waals surface area contributed by atoms with Gasteiger partial charge in [0.05, 0.1) is 10.5 Å². The number of rotatable bonds is 11. The second-order valence-corrected chi connectivity index (χ2v) is 13.2. The zero-order chi connectivity index (χ0) is 22.4. The van der Waals surface area contributed by atoms with Crippen molar-refractivity contribution in [1.82, 2.24) is 0 Å². The first-order valence-electron chi connectivity index (χ1n) is 10.8. The first-order chi connectivity index (χ1) is 14.1. The van der Waals surface area contributed by atoms with E-state index in [2.05, 4.69) is 0 Å². The Labute approximate surface area is 190 Å². The smallest absolute Gasteiger partial charge is 0.155 e. The van der Waals surface area contributed by atoms with Gasteiger partial charge in [0, 0.05) is 23.1 Å². The number of Topliss-reactive ketones (excluding diaryl/α,β-unsaturated/α-hetero) is 1. The topological polar surface area (TPSA) is 51.2 Å². The second kappa shape index (κ2) is 11.3. The van der Waals surface area contributed by atoms with Gasteiger partial charge in [-0.2, -0.15) is 11.8 Å². The largest absolute Gasteiger partial charge is 0.299 e. The van der Waals surface area contributed by atoms with E-state index in [0.717, 1.165) is 37.9 Å². The first kappa shape index (κ1) is 25.7. The van der Waals surface area contributed by atoms with Crippen molar-refractivity contribution in [2.24, 2.45) is 11.8 Å². The number of benzene rings is 1. The Morgan fingerprint density at radius 1 is 1.23 bits per heavy atom. The van der Waals surface area contributed by atoms with Crippen molar-refractivity contribution >= 4 is 39.0 Å². The molecule has 0 spiro atoms. The predicted molar refractivity (Wildman–Crippen MR) is 125 cm³/mol. The summed E-state index contributed by atoms with van der Waals surface area (Å²) in [6, 6.07) is 4.72. The zero-order valence-corrected chi connectivity index (χ0v) is 20.6. The third-order valence-electron chi connectivity index (χ3n) is 6.44. The highest BCUT2D eigenvalue weighted by molar-refractivity contribution is 7.98. The molecule has 0 amide bonds. The Morgan fingerprint density at radius 2 is 1.90 bits per heavy atom. The fraction of sp³-hybridized carbons (Fsp3) is 0.696. The number of carbonyl (C=O) groups excluding carboxylic acids is 1. The molecule has 1 aromatic rings. The van der Waals surface area contributed by atoms with Crippen molar-refractivity contribution in [3.63, 3.8) is 0 Å². The average Bonchev–Trinajstić information content (AvgIpc) is 2.69. The van der Waals surface area contributed by atoms with Gasteiger partial charge in [0.2, 0.25) is 0 Å². The third kappa shape index (κ3) is 7.23. The van der Waals surface area contributed by atoms with Crippen LogP contribution in [0.15, 0.2) is 18.2 Å². The molecule has 2 rings (SSSR count). The maximum absolute atomic E-state index is 13.8. The Balaban J connectivity index is 1.67. The van der Waals surface area contributed by atoms with Crippen molar-refractivity contribution < 1.29 is 17.6 Å². The van der Waals surface area contributed by atoms with Gasteiger partial charge in [-0.05, 0) is 81.7 Å². The summed E-state index contributed by atoms with van der Waals surface area (Å²) in [5, 5.41) is 0.397. The molecule has 0 unspecified atom stereocenters. The first-order valence-corrected chi connectivity index (χ1v) is 14.0. The van der Waals surface area contributed by atoms with Crippen molar-refractivity contribution in [2.45, 2.75) is 76.2 Å². The molecule has 3 nitrogen and oxygen atoms in total. The van der Waals surface area contributed by atoms with Crippen LogP contribution in [0, 0.1) is 17.7 Å². The Kier molecular flexibility index (Phi) is 9.69. The lowest BCUT2D eigenvalue weighted by atomic mass is 9.80. The van der Waals surface area contributed by atoms with Crippen LogP contribution in [0.5, 0.6) is 0 Å². The molecule has 0 aromatic heterocycles. The van der Waals surface area contributed by atoms with E-state index in [0.29, 0.717) is 35.0 Å². The number of hydrogen-bond acceptors (Lipinski definition) is 4. The molecule has 1 aliphatic carbocycles. The highest BCUT2D eigenvalue weighted by atomic mass is 35.5. The number of thioether (sulfide) groups is 1. The van der Waals surface area contributed by atoms with E-state index in [1.54, 1.807) is 37.7 Å². The van der Waals surface area contributed by atoms with Gasteiger partial charge < -0.3 is 0 Å². The number of carbonyl (C=O) groups is 1. The van der Waals surface area contributed by atoms with Gasteiger partial charge in [-0.15, -0.1) is 0 Å². The molecule has 0 N–H and O–H groups in total. The lowest BCUT2D eigenvalue weighted by Crippen LogP contribution is -2.36. The molecule has 0 atom stereocenters. The molecule has 1 aromatic carbocycles. The van der Waals surface area contributed by atoms with Crippen LogP contribution in [-0.2, 0) is 20.4 Å². The lowest BCUT2D eigenvalue weighted by Gasteiger charge is -2.31. The standard InChI is InChI=1S/C23H34ClFO3S2/c1-4-23(2,3)30(27,28)16-17-7-9-18(10-8-17)22(26)6-5-13-29-15-19-11-12-20(24)14-21(19)25/h11-12,14,17-18H,4-10,13,15-16H2,1-3H3. The molecule has 0 radical (unpaired) electrons. The molecular formula is C23H34ClFO3S2. The Morgan fingerprint density at radius 3 is 2.50 bits per heavy atom. The van der Waals surface area contributed by atoms with Crippen LogP contribution in [-0.4, -0.2) is 30.5 Å². The third-order valence-corrected chi connectivity index (χ3v) is 10.6. The lowest BCUT2D eigenvalue weighted by molar-refractivity contribution is -0.124. The van der Waals surface area contributed by atoms with E-state index in [1.807, 2.05) is 6.92 Å². The van der Waals surface area contributed by atoms with E-state index in [-0.39, 0.29) is 23.4 Å². The van der Waals surface area contributed by atoms with E-state index < -0.39 is 14.6 Å². The molecule has 0 heterocycles. The minimum atomic E-state index is -3.12. The molecular weight excluding hydrogens is 443 g/mol. The summed E-state index contributed by atoms with van der Waals surface area (Å²) in [7, 11) is -3.12. The van der Waals surface area contributed by atoms with Crippen LogP contribution < -0.4 is 0 Å². The van der Waals surface area contributed by atoms with Crippen LogP contribution in [0.25, 0.3) is 0 Å². The Hall–Kier alpha value is -0.590. The van der Waals surface area contributed by atoms with Gasteiger partial charge in [-0.1, -0.05) is 24.6 Å². The van der Waals surface area contributed by atoms with Crippen LogP contribution in [0.1, 0.15) is 71.3 Å². The second-order valence-electron chi connectivity index (χ2n) is 8.97. The average molecular weight is 477 g/mol. The Bertz CT molecular complexity index is 816. The van der Waals surface area contributed by atoms with E-state index in [1.165, 1.54) is 6.07 Å². The summed E-state index contributed by atoms with van der Waals surface area (Å²) in [5.41, 5.74) is 0.634. The monoisotopic (exact) mass is 476 g/mol. The number of sulfone groups is 1. The molecule has 7 heteroatoms. The minimum absolute atomic E-state index is 0.0712. The molecule has 0 saturated heterocycles. The molecule has 170 valence electrons. The SMILES string of the molecule is CCC(C)(C)S(=O)(=O)CC1CCC(C(=O)CCCSCc2ccc(Cl)cc2F)CC1. The van der Waals surface area contributed by atoms with Crippen LogP contribution in [0.4, 0.5) is 4.39 Å². The number of ketones is 1. The molecule has 1 saturated carbocycles. The van der Waals surface area contributed by atoms with Crippen molar-refractivity contribution in [2.75, 3.05) is 11.5 Å². The molecule has 30 heavy (non-hydrogen) atoms. The summed E-state index contributed by atoms with van der Waals surface area (Å²) in [6.07, 6.45) is 5.19. The van der Waals surface area contributed by atoms with Crippen LogP contribution in [0.3, 0.4) is 0 Å². The van der Waals surface area contributed by atoms with Gasteiger partial charge in [-0.3, -0.25) is 4.79 Å². The van der Waals surface area contributed by atoms with Crippen LogP contribution >= 0.6 is 23.4 Å². The van der Waals surface area contributed by atoms with Crippen LogP contribution in [0.2, 0.25) is 5.02 Å². The van der Waals surface area contributed by atoms with Crippen molar-refractivity contribution in [3.8, 4) is 0 Å². The van der Waals surface area contributed by atoms with Gasteiger partial charge in [0.15, 0.2) is 9.84 Å². The summed E-state index contributed by atoms with van der Waals surface area (Å²) < 4.78 is 38.3. The van der Waals surface area contributed by atoms with Gasteiger partial charge in [0.25, 0.3) is 0 Å². The fourth-order valence-corrected chi connectivity index (χ4v) is 6.73. The zero-order valence-electron chi connectivity index (χ0n) is 18.3. The predicted octanol–water partition coefficient (Wildman–Crippen LogP) is 6.47. The van der Waals surface area contributed by atoms with Gasteiger partial charge in [-0.25, -0.2) is 12.8 Å². The molecule has 0 bridgehead atoms. The number of hydrogen-bond donors (Lipinski definition) is 0. The van der Waals surface area contributed by atoms with E-state index in [4.69, 9.17) is 11.6 Å². The van der Waals surface area contributed by atoms with Crippen molar-refractivity contribution in [3.05, 3.63) is 34.6 Å². The highest BCUT2D eigenvalue weighted by Gasteiger charge is 2.36. The minimum Gasteiger partial charge on any atom is -0.299 e. The van der Waals surface area contributed by atoms with E-state index >= 15 is 0 Å². The molecule has 1 fully saturated rings. The molecule has 0 aliphatic heterocycles. The van der Waals surface area contributed by atoms with E-state index in [9.17, 15) is 17.6 Å². The summed E-state index contributed by atoms with van der Waals surface area (Å²) in [6.45, 7) is 5.52. The summed E-state index contributed by atoms with van der Waals surface area (Å²) in [4.78, 5) is 12.5.